The molecule has 0 bridgehead atoms. The van der Waals surface area contributed by atoms with Gasteiger partial charge in [-0.05, 0) is 29.6 Å². The number of fused-ring (bicyclic) bond motifs is 1. The lowest BCUT2D eigenvalue weighted by Gasteiger charge is -2.28. The molecule has 27 heavy (non-hydrogen) atoms. The lowest BCUT2D eigenvalue weighted by Crippen LogP contribution is -2.38. The molecule has 0 radical (unpaired) electrons. The van der Waals surface area contributed by atoms with Gasteiger partial charge in [0.05, 0.1) is 16.3 Å². The maximum Gasteiger partial charge on any atom is 0.267 e. The molecule has 0 aliphatic carbocycles. The van der Waals surface area contributed by atoms with Crippen molar-refractivity contribution in [3.05, 3.63) is 58.6 Å². The zero-order chi connectivity index (χ0) is 18.8. The van der Waals surface area contributed by atoms with Crippen LogP contribution in [0.25, 0.3) is 11.3 Å². The van der Waals surface area contributed by atoms with Crippen LogP contribution < -0.4 is 15.0 Å². The van der Waals surface area contributed by atoms with E-state index >= 15 is 0 Å². The van der Waals surface area contributed by atoms with Crippen molar-refractivity contribution in [3.63, 3.8) is 0 Å². The smallest absolute Gasteiger partial charge is 0.267 e. The van der Waals surface area contributed by atoms with Crippen LogP contribution in [0.3, 0.4) is 0 Å². The summed E-state index contributed by atoms with van der Waals surface area (Å²) in [5.74, 6) is 0.371. The highest BCUT2D eigenvalue weighted by Crippen LogP contribution is 2.36. The van der Waals surface area contributed by atoms with E-state index in [-0.39, 0.29) is 18.4 Å². The molecule has 2 amide bonds. The number of benzene rings is 1. The Kier molecular flexibility index (Phi) is 4.74. The minimum Gasteiger partial charge on any atom is -0.482 e. The van der Waals surface area contributed by atoms with Crippen molar-refractivity contribution in [2.75, 3.05) is 23.4 Å². The molecule has 1 aliphatic rings. The van der Waals surface area contributed by atoms with Crippen molar-refractivity contribution in [1.82, 2.24) is 4.98 Å². The summed E-state index contributed by atoms with van der Waals surface area (Å²) in [7, 11) is 0. The molecule has 0 saturated heterocycles. The quantitative estimate of drug-likeness (QED) is 0.660. The Hall–Kier alpha value is -2.97. The molecule has 2 aromatic heterocycles. The van der Waals surface area contributed by atoms with E-state index in [0.29, 0.717) is 28.0 Å². The van der Waals surface area contributed by atoms with Crippen LogP contribution in [-0.2, 0) is 4.79 Å². The molecule has 3 heterocycles. The molecular weight excluding hydrogens is 382 g/mol. The topological polar surface area (TPSA) is 71.5 Å². The highest BCUT2D eigenvalue weighted by molar-refractivity contribution is 7.14. The number of amides is 2. The number of hydrogen-bond acceptors (Lipinski definition) is 6. The number of nitrogens with zero attached hydrogens (tertiary/aromatic N) is 2. The van der Waals surface area contributed by atoms with E-state index in [1.54, 1.807) is 17.0 Å². The minimum absolute atomic E-state index is 0.0236. The summed E-state index contributed by atoms with van der Waals surface area (Å²) in [6.45, 7) is 4.15. The van der Waals surface area contributed by atoms with Gasteiger partial charge in [-0.3, -0.25) is 14.9 Å². The third-order valence-electron chi connectivity index (χ3n) is 3.98. The summed E-state index contributed by atoms with van der Waals surface area (Å²) in [5.41, 5.74) is 2.26. The van der Waals surface area contributed by atoms with Crippen LogP contribution in [0.4, 0.5) is 10.8 Å². The zero-order valence-corrected chi connectivity index (χ0v) is 15.8. The first-order valence-electron chi connectivity index (χ1n) is 8.14. The van der Waals surface area contributed by atoms with E-state index < -0.39 is 0 Å². The van der Waals surface area contributed by atoms with Crippen LogP contribution in [0.2, 0.25) is 0 Å². The van der Waals surface area contributed by atoms with E-state index in [1.807, 2.05) is 35.0 Å². The van der Waals surface area contributed by atoms with Gasteiger partial charge in [-0.2, -0.15) is 0 Å². The molecule has 1 N–H and O–H groups in total. The molecular formula is C19H15N3O3S2. The van der Waals surface area contributed by atoms with Crippen molar-refractivity contribution in [1.29, 1.82) is 0 Å². The van der Waals surface area contributed by atoms with Crippen LogP contribution in [0.5, 0.6) is 5.75 Å². The number of thiophene rings is 1. The number of thiazole rings is 1. The molecule has 1 aliphatic heterocycles. The van der Waals surface area contributed by atoms with E-state index in [2.05, 4.69) is 16.9 Å². The van der Waals surface area contributed by atoms with Crippen molar-refractivity contribution in [2.24, 2.45) is 0 Å². The highest BCUT2D eigenvalue weighted by atomic mass is 32.1. The maximum absolute atomic E-state index is 12.2. The molecule has 0 unspecified atom stereocenters. The largest absolute Gasteiger partial charge is 0.482 e. The van der Waals surface area contributed by atoms with Gasteiger partial charge in [-0.1, -0.05) is 12.1 Å². The fourth-order valence-corrected chi connectivity index (χ4v) is 4.05. The Balaban J connectivity index is 1.59. The van der Waals surface area contributed by atoms with Crippen LogP contribution >= 0.6 is 22.7 Å². The molecule has 0 atom stereocenters. The molecule has 1 aromatic carbocycles. The lowest BCUT2D eigenvalue weighted by atomic mass is 10.1. The van der Waals surface area contributed by atoms with E-state index in [9.17, 15) is 9.59 Å². The number of ether oxygens (including phenoxy) is 1. The van der Waals surface area contributed by atoms with Crippen LogP contribution in [0, 0.1) is 0 Å². The lowest BCUT2D eigenvalue weighted by molar-refractivity contribution is -0.121. The van der Waals surface area contributed by atoms with Crippen LogP contribution in [-0.4, -0.2) is 29.9 Å². The summed E-state index contributed by atoms with van der Waals surface area (Å²) < 4.78 is 5.50. The van der Waals surface area contributed by atoms with E-state index in [4.69, 9.17) is 4.74 Å². The predicted octanol–water partition coefficient (Wildman–Crippen LogP) is 4.04. The van der Waals surface area contributed by atoms with Gasteiger partial charge in [0.1, 0.15) is 5.75 Å². The second-order valence-corrected chi connectivity index (χ2v) is 7.54. The summed E-state index contributed by atoms with van der Waals surface area (Å²) in [4.78, 5) is 31.1. The Morgan fingerprint density at radius 2 is 2.26 bits per heavy atom. The average molecular weight is 397 g/mol. The van der Waals surface area contributed by atoms with Gasteiger partial charge in [0.15, 0.2) is 11.7 Å². The first-order chi connectivity index (χ1) is 13.2. The third-order valence-corrected chi connectivity index (χ3v) is 5.61. The van der Waals surface area contributed by atoms with Crippen LogP contribution in [0.1, 0.15) is 9.67 Å². The number of aromatic nitrogens is 1. The highest BCUT2D eigenvalue weighted by Gasteiger charge is 2.25. The molecule has 0 fully saturated rings. The Bertz CT molecular complexity index is 1010. The Morgan fingerprint density at radius 3 is 3.04 bits per heavy atom. The fourth-order valence-electron chi connectivity index (χ4n) is 2.72. The Labute approximate surface area is 163 Å². The van der Waals surface area contributed by atoms with E-state index in [0.717, 1.165) is 11.3 Å². The van der Waals surface area contributed by atoms with Gasteiger partial charge in [-0.25, -0.2) is 4.98 Å². The second kappa shape index (κ2) is 7.34. The summed E-state index contributed by atoms with van der Waals surface area (Å²) >= 11 is 2.73. The van der Waals surface area contributed by atoms with Crippen molar-refractivity contribution >= 4 is 45.3 Å². The van der Waals surface area contributed by atoms with Gasteiger partial charge in [0, 0.05) is 17.5 Å². The van der Waals surface area contributed by atoms with E-state index in [1.165, 1.54) is 22.7 Å². The summed E-state index contributed by atoms with van der Waals surface area (Å²) in [6.07, 6.45) is 1.68. The first kappa shape index (κ1) is 17.4. The summed E-state index contributed by atoms with van der Waals surface area (Å²) in [5, 5.41) is 7.06. The molecule has 8 heteroatoms. The van der Waals surface area contributed by atoms with Gasteiger partial charge < -0.3 is 9.64 Å². The average Bonchev–Trinajstić information content (AvgIpc) is 3.36. The number of rotatable bonds is 5. The number of nitrogens with one attached hydrogen (secondary N) is 1. The maximum atomic E-state index is 12.2. The van der Waals surface area contributed by atoms with Crippen LogP contribution in [0.15, 0.2) is 53.7 Å². The SMILES string of the molecule is C=CCN1C(=O)COc2ccc(-c3csc(NC(=O)c4cccs4)n3)cc21. The monoisotopic (exact) mass is 397 g/mol. The van der Waals surface area contributed by atoms with Crippen molar-refractivity contribution in [3.8, 4) is 17.0 Å². The minimum atomic E-state index is -0.174. The number of carbonyl (C=O) groups excluding carboxylic acids is 2. The molecule has 4 rings (SSSR count). The van der Waals surface area contributed by atoms with Crippen molar-refractivity contribution in [2.45, 2.75) is 0 Å². The second-order valence-electron chi connectivity index (χ2n) is 5.73. The fraction of sp³-hybridized carbons (Fsp3) is 0.105. The van der Waals surface area contributed by atoms with Gasteiger partial charge in [-0.15, -0.1) is 29.3 Å². The number of carbonyl (C=O) groups is 2. The zero-order valence-electron chi connectivity index (χ0n) is 14.2. The van der Waals surface area contributed by atoms with Gasteiger partial charge in [0.25, 0.3) is 11.8 Å². The number of anilines is 2. The standard InChI is InChI=1S/C19H15N3O3S2/c1-2-7-22-14-9-12(5-6-15(14)25-10-17(22)23)13-11-27-19(20-13)21-18(24)16-4-3-8-26-16/h2-6,8-9,11H,1,7,10H2,(H,20,21,24). The molecule has 0 spiro atoms. The molecule has 136 valence electrons. The molecule has 3 aromatic rings. The first-order valence-corrected chi connectivity index (χ1v) is 9.90. The van der Waals surface area contributed by atoms with Crippen molar-refractivity contribution < 1.29 is 14.3 Å². The third kappa shape index (κ3) is 3.49. The normalized spacial score (nSPS) is 13.0. The Morgan fingerprint density at radius 1 is 1.37 bits per heavy atom. The number of hydrogen-bond donors (Lipinski definition) is 1. The molecule has 0 saturated carbocycles. The summed E-state index contributed by atoms with van der Waals surface area (Å²) in [6, 6.07) is 9.19. The predicted molar refractivity (Wildman–Crippen MR) is 108 cm³/mol. The van der Waals surface area contributed by atoms with Gasteiger partial charge >= 0.3 is 0 Å². The van der Waals surface area contributed by atoms with Gasteiger partial charge in [0.2, 0.25) is 0 Å². The molecule has 6 nitrogen and oxygen atoms in total.